The van der Waals surface area contributed by atoms with Crippen LogP contribution in [0.25, 0.3) is 0 Å². The van der Waals surface area contributed by atoms with E-state index in [0.29, 0.717) is 18.0 Å². The SMILES string of the molecule is CC(C)NC1CCCOc2ccc(C(C)C)cc21. The third-order valence-electron chi connectivity index (χ3n) is 3.51. The highest BCUT2D eigenvalue weighted by Gasteiger charge is 2.21. The fourth-order valence-electron chi connectivity index (χ4n) is 2.53. The minimum absolute atomic E-state index is 0.432. The lowest BCUT2D eigenvalue weighted by Crippen LogP contribution is -2.28. The number of nitrogens with one attached hydrogen (secondary N) is 1. The molecular weight excluding hydrogens is 222 g/mol. The Morgan fingerprint density at radius 1 is 1.22 bits per heavy atom. The highest BCUT2D eigenvalue weighted by atomic mass is 16.5. The van der Waals surface area contributed by atoms with Crippen molar-refractivity contribution >= 4 is 0 Å². The van der Waals surface area contributed by atoms with E-state index < -0.39 is 0 Å². The number of hydrogen-bond acceptors (Lipinski definition) is 2. The molecule has 2 rings (SSSR count). The van der Waals surface area contributed by atoms with E-state index in [1.54, 1.807) is 0 Å². The van der Waals surface area contributed by atoms with E-state index in [9.17, 15) is 0 Å². The highest BCUT2D eigenvalue weighted by Crippen LogP contribution is 2.34. The van der Waals surface area contributed by atoms with Crippen LogP contribution in [-0.4, -0.2) is 12.6 Å². The molecule has 0 amide bonds. The summed E-state index contributed by atoms with van der Waals surface area (Å²) in [5, 5.41) is 3.66. The third kappa shape index (κ3) is 3.05. The van der Waals surface area contributed by atoms with Crippen LogP contribution in [-0.2, 0) is 0 Å². The smallest absolute Gasteiger partial charge is 0.124 e. The second kappa shape index (κ2) is 5.75. The summed E-state index contributed by atoms with van der Waals surface area (Å²) in [7, 11) is 0. The van der Waals surface area contributed by atoms with Crippen LogP contribution in [0, 0.1) is 0 Å². The fourth-order valence-corrected chi connectivity index (χ4v) is 2.53. The minimum atomic E-state index is 0.432. The van der Waals surface area contributed by atoms with E-state index in [0.717, 1.165) is 25.2 Å². The van der Waals surface area contributed by atoms with E-state index in [1.165, 1.54) is 11.1 Å². The van der Waals surface area contributed by atoms with Crippen molar-refractivity contribution in [3.8, 4) is 5.75 Å². The minimum Gasteiger partial charge on any atom is -0.493 e. The van der Waals surface area contributed by atoms with Gasteiger partial charge in [0.1, 0.15) is 5.75 Å². The molecule has 0 spiro atoms. The lowest BCUT2D eigenvalue weighted by molar-refractivity contribution is 0.314. The molecule has 1 unspecified atom stereocenters. The molecule has 2 heteroatoms. The summed E-state index contributed by atoms with van der Waals surface area (Å²) in [4.78, 5) is 0. The van der Waals surface area contributed by atoms with Crippen LogP contribution in [0.3, 0.4) is 0 Å². The van der Waals surface area contributed by atoms with E-state index in [4.69, 9.17) is 4.74 Å². The Morgan fingerprint density at radius 3 is 2.67 bits per heavy atom. The predicted octanol–water partition coefficient (Wildman–Crippen LogP) is 4.02. The van der Waals surface area contributed by atoms with E-state index in [1.807, 2.05) is 0 Å². The summed E-state index contributed by atoms with van der Waals surface area (Å²) in [6.07, 6.45) is 2.28. The molecule has 0 saturated carbocycles. The van der Waals surface area contributed by atoms with Crippen molar-refractivity contribution in [1.82, 2.24) is 5.32 Å². The van der Waals surface area contributed by atoms with Gasteiger partial charge in [0.05, 0.1) is 6.61 Å². The number of rotatable bonds is 3. The van der Waals surface area contributed by atoms with Crippen molar-refractivity contribution < 1.29 is 4.74 Å². The molecule has 1 aliphatic heterocycles. The van der Waals surface area contributed by atoms with Crippen molar-refractivity contribution in [3.05, 3.63) is 29.3 Å². The average Bonchev–Trinajstić information content (AvgIpc) is 2.50. The first-order valence-corrected chi connectivity index (χ1v) is 7.10. The summed E-state index contributed by atoms with van der Waals surface area (Å²) >= 11 is 0. The van der Waals surface area contributed by atoms with Gasteiger partial charge in [-0.2, -0.15) is 0 Å². The van der Waals surface area contributed by atoms with Crippen LogP contribution < -0.4 is 10.1 Å². The van der Waals surface area contributed by atoms with Crippen LogP contribution in [0.1, 0.15) is 63.6 Å². The monoisotopic (exact) mass is 247 g/mol. The van der Waals surface area contributed by atoms with Crippen molar-refractivity contribution in [2.24, 2.45) is 0 Å². The Morgan fingerprint density at radius 2 is 2.00 bits per heavy atom. The van der Waals surface area contributed by atoms with Gasteiger partial charge in [-0.05, 0) is 30.4 Å². The standard InChI is InChI=1S/C16H25NO/c1-11(2)13-7-8-16-14(10-13)15(17-12(3)4)6-5-9-18-16/h7-8,10-12,15,17H,5-6,9H2,1-4H3. The normalized spacial score (nSPS) is 19.6. The molecule has 1 N–H and O–H groups in total. The molecule has 0 bridgehead atoms. The number of benzene rings is 1. The molecule has 1 aromatic rings. The second-order valence-electron chi connectivity index (χ2n) is 5.82. The largest absolute Gasteiger partial charge is 0.493 e. The van der Waals surface area contributed by atoms with Crippen LogP contribution in [0.4, 0.5) is 0 Å². The number of hydrogen-bond donors (Lipinski definition) is 1. The van der Waals surface area contributed by atoms with Gasteiger partial charge in [0.15, 0.2) is 0 Å². The summed E-state index contributed by atoms with van der Waals surface area (Å²) in [6, 6.07) is 7.60. The zero-order valence-electron chi connectivity index (χ0n) is 12.0. The molecule has 1 aromatic carbocycles. The zero-order chi connectivity index (χ0) is 13.1. The molecule has 1 heterocycles. The lowest BCUT2D eigenvalue weighted by Gasteiger charge is -2.22. The topological polar surface area (TPSA) is 21.3 Å². The summed E-state index contributed by atoms with van der Waals surface area (Å²) in [5.41, 5.74) is 2.74. The van der Waals surface area contributed by atoms with E-state index in [2.05, 4.69) is 51.2 Å². The molecule has 0 aliphatic carbocycles. The number of fused-ring (bicyclic) bond motifs is 1. The molecule has 0 radical (unpaired) electrons. The van der Waals surface area contributed by atoms with Gasteiger partial charge in [0, 0.05) is 17.6 Å². The molecule has 2 nitrogen and oxygen atoms in total. The van der Waals surface area contributed by atoms with E-state index >= 15 is 0 Å². The van der Waals surface area contributed by atoms with Gasteiger partial charge in [0.25, 0.3) is 0 Å². The summed E-state index contributed by atoms with van der Waals surface area (Å²) in [5.74, 6) is 1.63. The first-order chi connectivity index (χ1) is 8.58. The van der Waals surface area contributed by atoms with Crippen LogP contribution in [0.2, 0.25) is 0 Å². The van der Waals surface area contributed by atoms with Crippen LogP contribution >= 0.6 is 0 Å². The fraction of sp³-hybridized carbons (Fsp3) is 0.625. The molecule has 0 saturated heterocycles. The molecule has 100 valence electrons. The Bertz CT molecular complexity index is 398. The summed E-state index contributed by atoms with van der Waals surface area (Å²) < 4.78 is 5.85. The number of ether oxygens (including phenoxy) is 1. The van der Waals surface area contributed by atoms with Gasteiger partial charge in [-0.1, -0.05) is 39.8 Å². The molecule has 18 heavy (non-hydrogen) atoms. The van der Waals surface area contributed by atoms with Crippen molar-refractivity contribution in [1.29, 1.82) is 0 Å². The highest BCUT2D eigenvalue weighted by molar-refractivity contribution is 5.41. The van der Waals surface area contributed by atoms with Crippen molar-refractivity contribution in [3.63, 3.8) is 0 Å². The molecule has 1 atom stereocenters. The third-order valence-corrected chi connectivity index (χ3v) is 3.51. The molecular formula is C16H25NO. The maximum atomic E-state index is 5.85. The second-order valence-corrected chi connectivity index (χ2v) is 5.82. The first-order valence-electron chi connectivity index (χ1n) is 7.10. The van der Waals surface area contributed by atoms with Gasteiger partial charge < -0.3 is 10.1 Å². The molecule has 1 aliphatic rings. The molecule has 0 fully saturated rings. The Balaban J connectivity index is 2.34. The first kappa shape index (κ1) is 13.4. The van der Waals surface area contributed by atoms with E-state index in [-0.39, 0.29) is 0 Å². The Labute approximate surface area is 111 Å². The quantitative estimate of drug-likeness (QED) is 0.871. The lowest BCUT2D eigenvalue weighted by atomic mass is 9.95. The van der Waals surface area contributed by atoms with Crippen LogP contribution in [0.5, 0.6) is 5.75 Å². The van der Waals surface area contributed by atoms with Gasteiger partial charge in [-0.25, -0.2) is 0 Å². The summed E-state index contributed by atoms with van der Waals surface area (Å²) in [6.45, 7) is 9.73. The Kier molecular flexibility index (Phi) is 4.28. The maximum absolute atomic E-state index is 5.85. The van der Waals surface area contributed by atoms with Gasteiger partial charge in [0.2, 0.25) is 0 Å². The van der Waals surface area contributed by atoms with Gasteiger partial charge in [-0.15, -0.1) is 0 Å². The predicted molar refractivity (Wildman–Crippen MR) is 76.3 cm³/mol. The average molecular weight is 247 g/mol. The zero-order valence-corrected chi connectivity index (χ0v) is 12.0. The Hall–Kier alpha value is -1.02. The van der Waals surface area contributed by atoms with Gasteiger partial charge >= 0.3 is 0 Å². The van der Waals surface area contributed by atoms with Gasteiger partial charge in [-0.3, -0.25) is 0 Å². The van der Waals surface area contributed by atoms with Crippen LogP contribution in [0.15, 0.2) is 18.2 Å². The van der Waals surface area contributed by atoms with Crippen molar-refractivity contribution in [2.75, 3.05) is 6.61 Å². The van der Waals surface area contributed by atoms with Crippen molar-refractivity contribution in [2.45, 2.75) is 58.5 Å². The maximum Gasteiger partial charge on any atom is 0.124 e. The molecule has 0 aromatic heterocycles.